The zero-order chi connectivity index (χ0) is 21.1. The number of hydrogen-bond donors (Lipinski definition) is 2. The molecule has 0 aromatic heterocycles. The van der Waals surface area contributed by atoms with Crippen LogP contribution in [0.5, 0.6) is 0 Å². The van der Waals surface area contributed by atoms with Gasteiger partial charge in [-0.25, -0.2) is 0 Å². The number of nitrogens with zero attached hydrogens (tertiary/aromatic N) is 2. The van der Waals surface area contributed by atoms with E-state index in [2.05, 4.69) is 56.5 Å². The van der Waals surface area contributed by atoms with Crippen molar-refractivity contribution in [3.63, 3.8) is 0 Å². The molecule has 1 aromatic rings. The van der Waals surface area contributed by atoms with E-state index in [1.807, 2.05) is 13.0 Å². The SMILES string of the molecule is CCNC(=NCCCOCC(F)(F)F)NC1CCN(Cc2ccccc2)C(C)C1.I. The Morgan fingerprint density at radius 1 is 1.27 bits per heavy atom. The van der Waals surface area contributed by atoms with Crippen LogP contribution in [0, 0.1) is 0 Å². The summed E-state index contributed by atoms with van der Waals surface area (Å²) >= 11 is 0. The minimum atomic E-state index is -4.27. The first-order chi connectivity index (χ1) is 13.9. The molecule has 0 radical (unpaired) electrons. The summed E-state index contributed by atoms with van der Waals surface area (Å²) in [6.07, 6.45) is -1.77. The molecular weight excluding hydrogens is 508 g/mol. The molecule has 9 heteroatoms. The number of alkyl halides is 3. The number of likely N-dealkylation sites (tertiary alicyclic amines) is 1. The monoisotopic (exact) mass is 542 g/mol. The number of hydrogen-bond acceptors (Lipinski definition) is 3. The fourth-order valence-electron chi connectivity index (χ4n) is 3.46. The van der Waals surface area contributed by atoms with Gasteiger partial charge in [-0.05, 0) is 38.7 Å². The summed E-state index contributed by atoms with van der Waals surface area (Å²) in [6, 6.07) is 11.3. The number of halogens is 4. The van der Waals surface area contributed by atoms with Crippen LogP contribution in [0.15, 0.2) is 35.3 Å². The highest BCUT2D eigenvalue weighted by molar-refractivity contribution is 14.0. The molecule has 5 nitrogen and oxygen atoms in total. The molecular formula is C21H34F3IN4O. The van der Waals surface area contributed by atoms with Crippen LogP contribution in [0.25, 0.3) is 0 Å². The van der Waals surface area contributed by atoms with Gasteiger partial charge in [0.05, 0.1) is 0 Å². The Morgan fingerprint density at radius 3 is 2.63 bits per heavy atom. The molecule has 30 heavy (non-hydrogen) atoms. The molecule has 1 saturated heterocycles. The van der Waals surface area contributed by atoms with Crippen LogP contribution in [0.3, 0.4) is 0 Å². The Kier molecular flexibility index (Phi) is 12.7. The van der Waals surface area contributed by atoms with Crippen molar-refractivity contribution in [3.8, 4) is 0 Å². The molecule has 0 aliphatic carbocycles. The molecule has 0 amide bonds. The molecule has 1 aromatic carbocycles. The Morgan fingerprint density at radius 2 is 2.00 bits per heavy atom. The van der Waals surface area contributed by atoms with Gasteiger partial charge in [0.1, 0.15) is 6.61 Å². The first-order valence-electron chi connectivity index (χ1n) is 10.3. The standard InChI is InChI=1S/C21H33F3N4O.HI/c1-3-25-20(26-11-7-13-29-16-21(22,23)24)27-19-10-12-28(17(2)14-19)15-18-8-5-4-6-9-18;/h4-6,8-9,17,19H,3,7,10-16H2,1-2H3,(H2,25,26,27);1H. The minimum absolute atomic E-state index is 0. The van der Waals surface area contributed by atoms with E-state index in [0.717, 1.165) is 38.4 Å². The number of nitrogens with one attached hydrogen (secondary N) is 2. The van der Waals surface area contributed by atoms with E-state index in [-0.39, 0.29) is 30.6 Å². The Hall–Kier alpha value is -1.07. The lowest BCUT2D eigenvalue weighted by atomic mass is 9.97. The fourth-order valence-corrected chi connectivity index (χ4v) is 3.46. The number of guanidine groups is 1. The summed E-state index contributed by atoms with van der Waals surface area (Å²) in [7, 11) is 0. The molecule has 1 heterocycles. The molecule has 2 atom stereocenters. The molecule has 2 unspecified atom stereocenters. The Balaban J connectivity index is 0.00000450. The van der Waals surface area contributed by atoms with Crippen LogP contribution < -0.4 is 10.6 Å². The molecule has 1 fully saturated rings. The van der Waals surface area contributed by atoms with Crippen molar-refractivity contribution in [2.24, 2.45) is 4.99 Å². The van der Waals surface area contributed by atoms with Crippen LogP contribution >= 0.6 is 24.0 Å². The average Bonchev–Trinajstić information content (AvgIpc) is 2.67. The maximum atomic E-state index is 12.1. The number of ether oxygens (including phenoxy) is 1. The highest BCUT2D eigenvalue weighted by Crippen LogP contribution is 2.20. The van der Waals surface area contributed by atoms with Gasteiger partial charge in [0, 0.05) is 44.9 Å². The van der Waals surface area contributed by atoms with Gasteiger partial charge in [-0.15, -0.1) is 24.0 Å². The van der Waals surface area contributed by atoms with Gasteiger partial charge in [-0.1, -0.05) is 30.3 Å². The number of aliphatic imine (C=N–C) groups is 1. The van der Waals surface area contributed by atoms with Crippen molar-refractivity contribution in [1.29, 1.82) is 0 Å². The molecule has 0 saturated carbocycles. The highest BCUT2D eigenvalue weighted by Gasteiger charge is 2.27. The maximum Gasteiger partial charge on any atom is 0.411 e. The molecule has 0 spiro atoms. The van der Waals surface area contributed by atoms with Gasteiger partial charge in [-0.3, -0.25) is 9.89 Å². The van der Waals surface area contributed by atoms with E-state index in [1.165, 1.54) is 5.56 Å². The quantitative estimate of drug-likeness (QED) is 0.213. The lowest BCUT2D eigenvalue weighted by Crippen LogP contribution is -2.51. The molecule has 172 valence electrons. The summed E-state index contributed by atoms with van der Waals surface area (Å²) in [4.78, 5) is 6.97. The fraction of sp³-hybridized carbons (Fsp3) is 0.667. The number of benzene rings is 1. The molecule has 1 aliphatic heterocycles. The van der Waals surface area contributed by atoms with Crippen molar-refractivity contribution < 1.29 is 17.9 Å². The maximum absolute atomic E-state index is 12.1. The number of piperidine rings is 1. The molecule has 1 aliphatic rings. The minimum Gasteiger partial charge on any atom is -0.372 e. The normalized spacial score (nSPS) is 20.5. The van der Waals surface area contributed by atoms with Gasteiger partial charge in [0.15, 0.2) is 5.96 Å². The topological polar surface area (TPSA) is 48.9 Å². The third-order valence-electron chi connectivity index (χ3n) is 4.91. The van der Waals surface area contributed by atoms with E-state index < -0.39 is 12.8 Å². The Bertz CT molecular complexity index is 616. The zero-order valence-corrected chi connectivity index (χ0v) is 20.1. The van der Waals surface area contributed by atoms with Crippen LogP contribution in [-0.2, 0) is 11.3 Å². The van der Waals surface area contributed by atoms with Crippen LogP contribution in [0.2, 0.25) is 0 Å². The van der Waals surface area contributed by atoms with Crippen LogP contribution in [-0.4, -0.2) is 62.0 Å². The lowest BCUT2D eigenvalue weighted by molar-refractivity contribution is -0.173. The zero-order valence-electron chi connectivity index (χ0n) is 17.8. The van der Waals surface area contributed by atoms with Gasteiger partial charge in [0.2, 0.25) is 0 Å². The van der Waals surface area contributed by atoms with E-state index >= 15 is 0 Å². The smallest absolute Gasteiger partial charge is 0.372 e. The van der Waals surface area contributed by atoms with E-state index in [4.69, 9.17) is 0 Å². The second kappa shape index (κ2) is 14.1. The molecule has 2 N–H and O–H groups in total. The van der Waals surface area contributed by atoms with E-state index in [0.29, 0.717) is 25.0 Å². The largest absolute Gasteiger partial charge is 0.411 e. The van der Waals surface area contributed by atoms with Crippen LogP contribution in [0.1, 0.15) is 38.7 Å². The van der Waals surface area contributed by atoms with Gasteiger partial charge in [0.25, 0.3) is 0 Å². The first-order valence-corrected chi connectivity index (χ1v) is 10.3. The molecule has 2 rings (SSSR count). The van der Waals surface area contributed by atoms with Gasteiger partial charge in [-0.2, -0.15) is 13.2 Å². The predicted octanol–water partition coefficient (Wildman–Crippen LogP) is 4.18. The van der Waals surface area contributed by atoms with Crippen molar-refractivity contribution in [1.82, 2.24) is 15.5 Å². The summed E-state index contributed by atoms with van der Waals surface area (Å²) in [6.45, 7) is 6.23. The van der Waals surface area contributed by atoms with Crippen LogP contribution in [0.4, 0.5) is 13.2 Å². The van der Waals surface area contributed by atoms with Gasteiger partial charge < -0.3 is 15.4 Å². The highest BCUT2D eigenvalue weighted by atomic mass is 127. The lowest BCUT2D eigenvalue weighted by Gasteiger charge is -2.38. The Labute approximate surface area is 194 Å². The second-order valence-electron chi connectivity index (χ2n) is 7.45. The average molecular weight is 542 g/mol. The summed E-state index contributed by atoms with van der Waals surface area (Å²) < 4.78 is 40.8. The second-order valence-corrected chi connectivity index (χ2v) is 7.45. The van der Waals surface area contributed by atoms with E-state index in [9.17, 15) is 13.2 Å². The summed E-state index contributed by atoms with van der Waals surface area (Å²) in [5.74, 6) is 0.719. The van der Waals surface area contributed by atoms with Gasteiger partial charge >= 0.3 is 6.18 Å². The third kappa shape index (κ3) is 10.8. The van der Waals surface area contributed by atoms with E-state index in [1.54, 1.807) is 0 Å². The van der Waals surface area contributed by atoms with Crippen molar-refractivity contribution in [2.75, 3.05) is 32.8 Å². The van der Waals surface area contributed by atoms with Crippen molar-refractivity contribution in [3.05, 3.63) is 35.9 Å². The van der Waals surface area contributed by atoms with Crippen molar-refractivity contribution in [2.45, 2.75) is 57.9 Å². The number of rotatable bonds is 9. The first kappa shape index (κ1) is 27.0. The summed E-state index contributed by atoms with van der Waals surface area (Å²) in [5.41, 5.74) is 1.33. The molecule has 0 bridgehead atoms. The summed E-state index contributed by atoms with van der Waals surface area (Å²) in [5, 5.41) is 6.69. The predicted molar refractivity (Wildman–Crippen MR) is 125 cm³/mol. The van der Waals surface area contributed by atoms with Crippen molar-refractivity contribution >= 4 is 29.9 Å². The third-order valence-corrected chi connectivity index (χ3v) is 4.91.